The van der Waals surface area contributed by atoms with Gasteiger partial charge in [0.1, 0.15) is 5.56 Å². The van der Waals surface area contributed by atoms with E-state index in [9.17, 15) is 19.7 Å². The first-order chi connectivity index (χ1) is 12.0. The Kier molecular flexibility index (Phi) is 5.22. The molecule has 134 valence electrons. The molecule has 0 bridgehead atoms. The lowest BCUT2D eigenvalue weighted by Gasteiger charge is -2.33. The number of carbonyl (C=O) groups excluding carboxylic acids is 2. The van der Waals surface area contributed by atoms with Crippen LogP contribution in [-0.4, -0.2) is 52.7 Å². The van der Waals surface area contributed by atoms with Gasteiger partial charge in [-0.3, -0.25) is 19.7 Å². The number of amides is 2. The summed E-state index contributed by atoms with van der Waals surface area (Å²) < 4.78 is 0. The van der Waals surface area contributed by atoms with E-state index in [0.717, 1.165) is 25.9 Å². The van der Waals surface area contributed by atoms with Crippen LogP contribution in [0.1, 0.15) is 36.0 Å². The van der Waals surface area contributed by atoms with E-state index >= 15 is 0 Å². The number of hydrogen-bond donors (Lipinski definition) is 0. The Hall–Kier alpha value is -2.15. The highest BCUT2D eigenvalue weighted by Gasteiger charge is 2.33. The van der Waals surface area contributed by atoms with Gasteiger partial charge in [0, 0.05) is 43.2 Å². The van der Waals surface area contributed by atoms with Gasteiger partial charge in [-0.1, -0.05) is 11.6 Å². The number of rotatable bonds is 3. The molecule has 2 heterocycles. The number of halogens is 1. The van der Waals surface area contributed by atoms with Crippen LogP contribution in [-0.2, 0) is 4.79 Å². The molecule has 0 N–H and O–H groups in total. The van der Waals surface area contributed by atoms with E-state index in [2.05, 4.69) is 0 Å². The summed E-state index contributed by atoms with van der Waals surface area (Å²) in [6.07, 6.45) is 3.32. The highest BCUT2D eigenvalue weighted by atomic mass is 35.5. The van der Waals surface area contributed by atoms with E-state index in [0.29, 0.717) is 25.9 Å². The summed E-state index contributed by atoms with van der Waals surface area (Å²) in [7, 11) is 0. The molecule has 0 radical (unpaired) electrons. The Labute approximate surface area is 150 Å². The van der Waals surface area contributed by atoms with E-state index in [1.54, 1.807) is 4.90 Å². The van der Waals surface area contributed by atoms with Gasteiger partial charge in [-0.15, -0.1) is 0 Å². The second-order valence-corrected chi connectivity index (χ2v) is 6.95. The fraction of sp³-hybridized carbons (Fsp3) is 0.529. The van der Waals surface area contributed by atoms with Crippen molar-refractivity contribution in [1.82, 2.24) is 9.80 Å². The lowest BCUT2D eigenvalue weighted by molar-refractivity contribution is -0.385. The van der Waals surface area contributed by atoms with Crippen molar-refractivity contribution in [3.05, 3.63) is 38.9 Å². The number of nitro benzene ring substituents is 1. The molecule has 0 unspecified atom stereocenters. The van der Waals surface area contributed by atoms with Crippen molar-refractivity contribution in [2.45, 2.75) is 25.7 Å². The average molecular weight is 366 g/mol. The summed E-state index contributed by atoms with van der Waals surface area (Å²) in [4.78, 5) is 39.2. The average Bonchev–Trinajstić information content (AvgIpc) is 3.15. The molecule has 2 aliphatic heterocycles. The number of hydrogen-bond acceptors (Lipinski definition) is 4. The van der Waals surface area contributed by atoms with E-state index in [4.69, 9.17) is 11.6 Å². The van der Waals surface area contributed by atoms with E-state index in [1.165, 1.54) is 18.2 Å². The fourth-order valence-electron chi connectivity index (χ4n) is 3.53. The minimum Gasteiger partial charge on any atom is -0.342 e. The van der Waals surface area contributed by atoms with Crippen LogP contribution in [0.4, 0.5) is 5.69 Å². The van der Waals surface area contributed by atoms with Crippen LogP contribution in [0.3, 0.4) is 0 Å². The van der Waals surface area contributed by atoms with Crippen LogP contribution in [0.5, 0.6) is 0 Å². The maximum Gasteiger partial charge on any atom is 0.283 e. The largest absolute Gasteiger partial charge is 0.342 e. The lowest BCUT2D eigenvalue weighted by Crippen LogP contribution is -2.43. The smallest absolute Gasteiger partial charge is 0.283 e. The van der Waals surface area contributed by atoms with E-state index < -0.39 is 4.92 Å². The van der Waals surface area contributed by atoms with Crippen LogP contribution in [0.25, 0.3) is 0 Å². The molecule has 7 nitrogen and oxygen atoms in total. The van der Waals surface area contributed by atoms with Crippen LogP contribution >= 0.6 is 11.6 Å². The quantitative estimate of drug-likeness (QED) is 0.609. The Morgan fingerprint density at radius 2 is 1.72 bits per heavy atom. The minimum atomic E-state index is -0.594. The molecule has 3 rings (SSSR count). The van der Waals surface area contributed by atoms with Gasteiger partial charge in [0.25, 0.3) is 11.6 Å². The molecule has 2 aliphatic rings. The second kappa shape index (κ2) is 7.39. The molecule has 2 amide bonds. The monoisotopic (exact) mass is 365 g/mol. The summed E-state index contributed by atoms with van der Waals surface area (Å²) in [5, 5.41) is 11.4. The first-order valence-corrected chi connectivity index (χ1v) is 8.87. The Bertz CT molecular complexity index is 695. The van der Waals surface area contributed by atoms with Crippen molar-refractivity contribution in [2.75, 3.05) is 26.2 Å². The predicted octanol–water partition coefficient (Wildman–Crippen LogP) is 2.72. The molecule has 0 atom stereocenters. The molecule has 25 heavy (non-hydrogen) atoms. The third-order valence-corrected chi connectivity index (χ3v) is 5.17. The summed E-state index contributed by atoms with van der Waals surface area (Å²) in [5.41, 5.74) is -0.244. The normalized spacial score (nSPS) is 18.4. The van der Waals surface area contributed by atoms with Gasteiger partial charge in [-0.25, -0.2) is 0 Å². The SMILES string of the molecule is O=C(c1ccc(Cl)cc1[N+](=O)[O-])N1CCC(C(=O)N2CCCC2)CC1. The Morgan fingerprint density at radius 3 is 2.32 bits per heavy atom. The maximum atomic E-state index is 12.7. The van der Waals surface area contributed by atoms with Crippen molar-refractivity contribution in [1.29, 1.82) is 0 Å². The first kappa shape index (κ1) is 17.7. The molecule has 2 saturated heterocycles. The number of nitrogens with zero attached hydrogens (tertiary/aromatic N) is 3. The van der Waals surface area contributed by atoms with E-state index in [1.807, 2.05) is 4.90 Å². The van der Waals surface area contributed by atoms with Crippen molar-refractivity contribution < 1.29 is 14.5 Å². The van der Waals surface area contributed by atoms with Gasteiger partial charge in [0.2, 0.25) is 5.91 Å². The second-order valence-electron chi connectivity index (χ2n) is 6.52. The molecule has 0 aromatic heterocycles. The van der Waals surface area contributed by atoms with Gasteiger partial charge in [0.05, 0.1) is 4.92 Å². The third-order valence-electron chi connectivity index (χ3n) is 4.94. The van der Waals surface area contributed by atoms with Crippen molar-refractivity contribution in [3.63, 3.8) is 0 Å². The molecule has 0 aliphatic carbocycles. The highest BCUT2D eigenvalue weighted by Crippen LogP contribution is 2.27. The standard InChI is InChI=1S/C17H20ClN3O4/c18-13-3-4-14(15(11-13)21(24)25)17(23)20-9-5-12(6-10-20)16(22)19-7-1-2-8-19/h3-4,11-12H,1-2,5-10H2. The van der Waals surface area contributed by atoms with Gasteiger partial charge in [-0.05, 0) is 37.8 Å². The first-order valence-electron chi connectivity index (χ1n) is 8.49. The highest BCUT2D eigenvalue weighted by molar-refractivity contribution is 6.31. The van der Waals surface area contributed by atoms with Gasteiger partial charge < -0.3 is 9.80 Å². The fourth-order valence-corrected chi connectivity index (χ4v) is 3.70. The molecule has 2 fully saturated rings. The maximum absolute atomic E-state index is 12.7. The van der Waals surface area contributed by atoms with Gasteiger partial charge in [0.15, 0.2) is 0 Å². The van der Waals surface area contributed by atoms with Crippen LogP contribution in [0.2, 0.25) is 5.02 Å². The van der Waals surface area contributed by atoms with Crippen LogP contribution in [0.15, 0.2) is 18.2 Å². The minimum absolute atomic E-state index is 0.0405. The lowest BCUT2D eigenvalue weighted by atomic mass is 9.94. The molecule has 0 spiro atoms. The van der Waals surface area contributed by atoms with Crippen LogP contribution in [0, 0.1) is 16.0 Å². The van der Waals surface area contributed by atoms with Crippen molar-refractivity contribution in [2.24, 2.45) is 5.92 Å². The van der Waals surface area contributed by atoms with Crippen molar-refractivity contribution >= 4 is 29.1 Å². The number of likely N-dealkylation sites (tertiary alicyclic amines) is 2. The molecule has 8 heteroatoms. The predicted molar refractivity (Wildman–Crippen MR) is 92.5 cm³/mol. The molecular formula is C17H20ClN3O4. The van der Waals surface area contributed by atoms with Crippen LogP contribution < -0.4 is 0 Å². The topological polar surface area (TPSA) is 83.8 Å². The molecular weight excluding hydrogens is 346 g/mol. The third kappa shape index (κ3) is 3.76. The Balaban J connectivity index is 1.66. The summed E-state index contributed by atoms with van der Waals surface area (Å²) in [5.74, 6) is -0.250. The zero-order valence-electron chi connectivity index (χ0n) is 13.8. The number of nitro groups is 1. The number of benzene rings is 1. The number of piperidine rings is 1. The zero-order valence-corrected chi connectivity index (χ0v) is 14.6. The Morgan fingerprint density at radius 1 is 1.08 bits per heavy atom. The van der Waals surface area contributed by atoms with Gasteiger partial charge >= 0.3 is 0 Å². The molecule has 1 aromatic rings. The zero-order chi connectivity index (χ0) is 18.0. The molecule has 1 aromatic carbocycles. The molecule has 0 saturated carbocycles. The van der Waals surface area contributed by atoms with E-state index in [-0.39, 0.29) is 34.0 Å². The summed E-state index contributed by atoms with van der Waals surface area (Å²) in [6.45, 7) is 2.52. The van der Waals surface area contributed by atoms with Crippen molar-refractivity contribution in [3.8, 4) is 0 Å². The summed E-state index contributed by atoms with van der Waals surface area (Å²) >= 11 is 5.80. The number of carbonyl (C=O) groups is 2. The van der Waals surface area contributed by atoms with Gasteiger partial charge in [-0.2, -0.15) is 0 Å². The summed E-state index contributed by atoms with van der Waals surface area (Å²) in [6, 6.07) is 4.06.